The minimum Gasteiger partial charge on any atom is -0.294 e. The summed E-state index contributed by atoms with van der Waals surface area (Å²) >= 11 is 5.85. The van der Waals surface area contributed by atoms with Crippen LogP contribution in [-0.2, 0) is 0 Å². The summed E-state index contributed by atoms with van der Waals surface area (Å²) in [5, 5.41) is 9.30. The van der Waals surface area contributed by atoms with Crippen LogP contribution in [0.3, 0.4) is 0 Å². The summed E-state index contributed by atoms with van der Waals surface area (Å²) in [6.45, 7) is 1.71. The van der Waals surface area contributed by atoms with Crippen LogP contribution in [0.4, 0.5) is 10.1 Å². The van der Waals surface area contributed by atoms with Crippen molar-refractivity contribution < 1.29 is 19.9 Å². The second-order valence-corrected chi connectivity index (χ2v) is 4.60. The largest absolute Gasteiger partial charge is 0.294 e. The first-order valence-corrected chi connectivity index (χ1v) is 6.41. The van der Waals surface area contributed by atoms with Gasteiger partial charge in [-0.2, -0.15) is 9.87 Å². The number of pyridine rings is 1. The van der Waals surface area contributed by atoms with Gasteiger partial charge in [-0.15, -0.1) is 0 Å². The molecule has 1 aromatic carbocycles. The van der Waals surface area contributed by atoms with Crippen LogP contribution < -0.4 is 5.48 Å². The molecule has 0 saturated carbocycles. The molecule has 3 N–H and O–H groups in total. The number of ketones is 1. The number of Topliss-reactive ketones (excluding diaryl/α,β-unsaturated/α-hetero) is 1. The molecule has 104 valence electrons. The molecule has 0 fully saturated rings. The molecule has 0 bridgehead atoms. The number of rotatable bonds is 4. The van der Waals surface area contributed by atoms with Crippen LogP contribution in [0.1, 0.15) is 23.7 Å². The topological polar surface area (TPSA) is 66.8 Å². The minimum atomic E-state index is -0.630. The molecule has 0 aliphatic carbocycles. The fourth-order valence-electron chi connectivity index (χ4n) is 1.89. The lowest BCUT2D eigenvalue weighted by Crippen LogP contribution is -2.74. The van der Waals surface area contributed by atoms with Crippen molar-refractivity contribution in [2.45, 2.75) is 13.3 Å². The predicted octanol–water partition coefficient (Wildman–Crippen LogP) is 2.72. The highest BCUT2D eigenvalue weighted by atomic mass is 35.5. The third-order valence-corrected chi connectivity index (χ3v) is 3.11. The van der Waals surface area contributed by atoms with Gasteiger partial charge in [0.25, 0.3) is 0 Å². The van der Waals surface area contributed by atoms with Gasteiger partial charge in [0.2, 0.25) is 0 Å². The van der Waals surface area contributed by atoms with E-state index in [0.29, 0.717) is 10.5 Å². The Kier molecular flexibility index (Phi) is 4.44. The van der Waals surface area contributed by atoms with E-state index < -0.39 is 5.82 Å². The van der Waals surface area contributed by atoms with Crippen LogP contribution in [0.5, 0.6) is 0 Å². The monoisotopic (exact) mass is 295 g/mol. The number of carbonyl (C=O) groups excluding carboxylic acids is 1. The Labute approximate surface area is 120 Å². The molecule has 0 saturated heterocycles. The van der Waals surface area contributed by atoms with Gasteiger partial charge in [-0.25, -0.2) is 5.21 Å². The van der Waals surface area contributed by atoms with Crippen molar-refractivity contribution in [2.75, 3.05) is 0 Å². The van der Waals surface area contributed by atoms with E-state index in [1.165, 1.54) is 24.4 Å². The number of quaternary nitrogens is 1. The number of nitrogens with two attached hydrogens (primary N) is 1. The van der Waals surface area contributed by atoms with E-state index in [0.717, 1.165) is 0 Å². The molecule has 2 aromatic rings. The molecule has 0 aliphatic heterocycles. The number of benzene rings is 1. The third-order valence-electron chi connectivity index (χ3n) is 2.90. The average molecular weight is 296 g/mol. The first-order chi connectivity index (χ1) is 9.58. The zero-order valence-electron chi connectivity index (χ0n) is 10.7. The van der Waals surface area contributed by atoms with Gasteiger partial charge in [-0.1, -0.05) is 24.6 Å². The smallest absolute Gasteiger partial charge is 0.198 e. The first-order valence-electron chi connectivity index (χ1n) is 6.03. The molecule has 1 heterocycles. The van der Waals surface area contributed by atoms with Gasteiger partial charge >= 0.3 is 0 Å². The van der Waals surface area contributed by atoms with Crippen molar-refractivity contribution in [1.82, 2.24) is 4.98 Å². The second-order valence-electron chi connectivity index (χ2n) is 4.16. The number of aromatic nitrogens is 1. The minimum absolute atomic E-state index is 0.0362. The molecule has 20 heavy (non-hydrogen) atoms. The maximum absolute atomic E-state index is 14.2. The fraction of sp³-hybridized carbons (Fsp3) is 0.143. The third kappa shape index (κ3) is 2.70. The Hall–Kier alpha value is -1.82. The lowest BCUT2D eigenvalue weighted by Gasteiger charge is -2.09. The molecule has 6 heteroatoms. The number of halogens is 2. The van der Waals surface area contributed by atoms with Crippen LogP contribution >= 0.6 is 11.6 Å². The summed E-state index contributed by atoms with van der Waals surface area (Å²) in [6, 6.07) is 5.99. The quantitative estimate of drug-likeness (QED) is 0.518. The summed E-state index contributed by atoms with van der Waals surface area (Å²) in [4.78, 5) is 16.0. The van der Waals surface area contributed by atoms with Gasteiger partial charge < -0.3 is 0 Å². The van der Waals surface area contributed by atoms with Gasteiger partial charge in [0.05, 0.1) is 10.7 Å². The summed E-state index contributed by atoms with van der Waals surface area (Å²) < 4.78 is 14.2. The van der Waals surface area contributed by atoms with Crippen molar-refractivity contribution in [3.05, 3.63) is 46.9 Å². The maximum atomic E-state index is 14.2. The molecule has 0 unspecified atom stereocenters. The summed E-state index contributed by atoms with van der Waals surface area (Å²) in [5.41, 5.74) is 1.36. The highest BCUT2D eigenvalue weighted by molar-refractivity contribution is 6.31. The molecule has 1 aromatic heterocycles. The van der Waals surface area contributed by atoms with Crippen LogP contribution in [0.2, 0.25) is 5.02 Å². The zero-order chi connectivity index (χ0) is 14.7. The van der Waals surface area contributed by atoms with Crippen LogP contribution in [0, 0.1) is 5.82 Å². The number of carbonyl (C=O) groups is 1. The van der Waals surface area contributed by atoms with E-state index in [2.05, 4.69) is 4.98 Å². The Morgan fingerprint density at radius 3 is 2.90 bits per heavy atom. The van der Waals surface area contributed by atoms with Crippen molar-refractivity contribution >= 4 is 23.1 Å². The highest BCUT2D eigenvalue weighted by Crippen LogP contribution is 2.29. The summed E-state index contributed by atoms with van der Waals surface area (Å²) in [6.07, 6.45) is 1.63. The average Bonchev–Trinajstić information content (AvgIpc) is 2.47. The number of nitrogens with zero attached hydrogens (tertiary/aromatic N) is 1. The van der Waals surface area contributed by atoms with E-state index in [1.807, 2.05) is 0 Å². The Morgan fingerprint density at radius 2 is 2.25 bits per heavy atom. The van der Waals surface area contributed by atoms with Crippen molar-refractivity contribution in [3.8, 4) is 11.3 Å². The normalized spacial score (nSPS) is 10.6. The summed E-state index contributed by atoms with van der Waals surface area (Å²) in [7, 11) is 0. The molecule has 0 amide bonds. The standard InChI is InChI=1S/C14H12ClFN2O2/c1-2-12(19)10-6-8(15)7-17-14(10)9-4-3-5-11(18-20)13(9)16/h3-7,18,20H,2H2,1H3/p+1. The molecule has 2 rings (SSSR count). The van der Waals surface area contributed by atoms with Crippen LogP contribution in [0.25, 0.3) is 11.3 Å². The van der Waals surface area contributed by atoms with Gasteiger partial charge in [-0.05, 0) is 12.1 Å². The first kappa shape index (κ1) is 14.6. The number of hydrogen-bond donors (Lipinski definition) is 2. The Bertz CT molecular complexity index is 662. The second kappa shape index (κ2) is 6.09. The molecular formula is C14H13ClFN2O2+. The lowest BCUT2D eigenvalue weighted by atomic mass is 10.0. The van der Waals surface area contributed by atoms with Gasteiger partial charge in [0, 0.05) is 29.8 Å². The predicted molar refractivity (Wildman–Crippen MR) is 72.6 cm³/mol. The fourth-order valence-corrected chi connectivity index (χ4v) is 2.05. The summed E-state index contributed by atoms with van der Waals surface area (Å²) in [5.74, 6) is -0.803. The van der Waals surface area contributed by atoms with Crippen molar-refractivity contribution in [1.29, 1.82) is 0 Å². The van der Waals surface area contributed by atoms with Gasteiger partial charge in [-0.3, -0.25) is 9.78 Å². The van der Waals surface area contributed by atoms with Crippen molar-refractivity contribution in [2.24, 2.45) is 0 Å². The SMILES string of the molecule is CCC(=O)c1cc(Cl)cnc1-c1cccc([NH2+]O)c1F. The van der Waals surface area contributed by atoms with E-state index in [-0.39, 0.29) is 34.7 Å². The Morgan fingerprint density at radius 1 is 1.50 bits per heavy atom. The molecule has 0 radical (unpaired) electrons. The number of hydrogen-bond acceptors (Lipinski definition) is 3. The Balaban J connectivity index is 2.67. The van der Waals surface area contributed by atoms with E-state index in [1.54, 1.807) is 13.0 Å². The lowest BCUT2D eigenvalue weighted by molar-refractivity contribution is -0.826. The van der Waals surface area contributed by atoms with Gasteiger partial charge in [0.1, 0.15) is 0 Å². The highest BCUT2D eigenvalue weighted by Gasteiger charge is 2.19. The molecule has 0 spiro atoms. The van der Waals surface area contributed by atoms with E-state index >= 15 is 0 Å². The van der Waals surface area contributed by atoms with E-state index in [4.69, 9.17) is 16.8 Å². The molecular weight excluding hydrogens is 283 g/mol. The maximum Gasteiger partial charge on any atom is 0.198 e. The van der Waals surface area contributed by atoms with Crippen LogP contribution in [0.15, 0.2) is 30.5 Å². The molecule has 0 aliphatic rings. The van der Waals surface area contributed by atoms with E-state index in [9.17, 15) is 9.18 Å². The zero-order valence-corrected chi connectivity index (χ0v) is 11.5. The van der Waals surface area contributed by atoms with Crippen LogP contribution in [-0.4, -0.2) is 16.0 Å². The molecule has 4 nitrogen and oxygen atoms in total. The molecule has 0 atom stereocenters. The van der Waals surface area contributed by atoms with Gasteiger partial charge in [0.15, 0.2) is 17.3 Å². The van der Waals surface area contributed by atoms with Crippen molar-refractivity contribution in [3.63, 3.8) is 0 Å².